The zero-order valence-corrected chi connectivity index (χ0v) is 7.69. The molecule has 11 heavy (non-hydrogen) atoms. The molecule has 0 heterocycles. The van der Waals surface area contributed by atoms with Crippen LogP contribution in [0.1, 0.15) is 12.5 Å². The predicted molar refractivity (Wildman–Crippen MR) is 41.9 cm³/mol. The van der Waals surface area contributed by atoms with Gasteiger partial charge in [-0.1, -0.05) is 0 Å². The number of rotatable bonds is 3. The monoisotopic (exact) mass is 186 g/mol. The van der Waals surface area contributed by atoms with Gasteiger partial charge in [0.1, 0.15) is 0 Å². The molecule has 0 radical (unpaired) electrons. The van der Waals surface area contributed by atoms with Gasteiger partial charge >= 0.3 is 74.6 Å². The van der Waals surface area contributed by atoms with Crippen LogP contribution in [0, 0.1) is 0 Å². The molecule has 0 unspecified atom stereocenters. The van der Waals surface area contributed by atoms with Crippen LogP contribution in [0.25, 0.3) is 0 Å². The van der Waals surface area contributed by atoms with Crippen LogP contribution in [0.15, 0.2) is 30.3 Å². The molecular formula is C9H10CrO. The van der Waals surface area contributed by atoms with Crippen LogP contribution in [0.4, 0.5) is 0 Å². The fraction of sp³-hybridized carbons (Fsp3) is 0.222. The number of hydrogen-bond donors (Lipinski definition) is 0. The van der Waals surface area contributed by atoms with Crippen molar-refractivity contribution in [2.45, 2.75) is 13.5 Å². The molecule has 0 spiro atoms. The van der Waals surface area contributed by atoms with E-state index < -0.39 is 0 Å². The van der Waals surface area contributed by atoms with Crippen LogP contribution < -0.4 is 0 Å². The minimum atomic E-state index is 0.652. The Morgan fingerprint density at radius 1 is 1.36 bits per heavy atom. The van der Waals surface area contributed by atoms with Crippen molar-refractivity contribution in [1.82, 2.24) is 0 Å². The van der Waals surface area contributed by atoms with Gasteiger partial charge in [-0.2, -0.15) is 0 Å². The Labute approximate surface area is 75.0 Å². The first-order valence-electron chi connectivity index (χ1n) is 3.46. The van der Waals surface area contributed by atoms with Crippen molar-refractivity contribution in [1.29, 1.82) is 0 Å². The van der Waals surface area contributed by atoms with E-state index in [0.717, 1.165) is 4.57 Å². The summed E-state index contributed by atoms with van der Waals surface area (Å²) in [5.41, 5.74) is 1.20. The van der Waals surface area contributed by atoms with Gasteiger partial charge in [0.2, 0.25) is 0 Å². The summed E-state index contributed by atoms with van der Waals surface area (Å²) in [7, 11) is 0. The van der Waals surface area contributed by atoms with Crippen LogP contribution in [-0.4, -0.2) is 4.57 Å². The summed E-state index contributed by atoms with van der Waals surface area (Å²) in [6.07, 6.45) is 0. The number of benzene rings is 1. The Balaban J connectivity index is 2.45. The van der Waals surface area contributed by atoms with Crippen molar-refractivity contribution in [3.05, 3.63) is 35.9 Å². The first-order valence-corrected chi connectivity index (χ1v) is 4.10. The van der Waals surface area contributed by atoms with E-state index in [1.54, 1.807) is 0 Å². The van der Waals surface area contributed by atoms with E-state index >= 15 is 0 Å². The van der Waals surface area contributed by atoms with Crippen molar-refractivity contribution in [3.8, 4) is 0 Å². The minimum absolute atomic E-state index is 0.652. The van der Waals surface area contributed by atoms with Crippen molar-refractivity contribution < 1.29 is 20.6 Å². The fourth-order valence-electron chi connectivity index (χ4n) is 0.759. The molecule has 0 atom stereocenters. The van der Waals surface area contributed by atoms with E-state index in [4.69, 9.17) is 4.74 Å². The van der Waals surface area contributed by atoms with Gasteiger partial charge in [-0.25, -0.2) is 0 Å². The number of hydrogen-bond acceptors (Lipinski definition) is 1. The molecule has 1 rings (SSSR count). The summed E-state index contributed by atoms with van der Waals surface area (Å²) >= 11 is 2.80. The van der Waals surface area contributed by atoms with Crippen molar-refractivity contribution >= 4 is 4.57 Å². The quantitative estimate of drug-likeness (QED) is 0.700. The molecule has 1 nitrogen and oxygen atoms in total. The standard InChI is InChI=1S/C9H10O.Cr/c1-2-10-8-9-6-4-3-5-7-9;/h3-7H,8H2,1H3;. The average molecular weight is 186 g/mol. The molecule has 0 aliphatic heterocycles. The zero-order chi connectivity index (χ0) is 8.10. The Bertz CT molecular complexity index is 231. The predicted octanol–water partition coefficient (Wildman–Crippen LogP) is 1.90. The Morgan fingerprint density at radius 2 is 2.00 bits per heavy atom. The summed E-state index contributed by atoms with van der Waals surface area (Å²) in [5.74, 6) is 0. The van der Waals surface area contributed by atoms with Gasteiger partial charge in [-0.05, 0) is 0 Å². The van der Waals surface area contributed by atoms with Gasteiger partial charge in [0.15, 0.2) is 0 Å². The topological polar surface area (TPSA) is 9.23 Å². The van der Waals surface area contributed by atoms with Gasteiger partial charge in [0.05, 0.1) is 0 Å². The van der Waals surface area contributed by atoms with Crippen molar-refractivity contribution in [3.63, 3.8) is 0 Å². The van der Waals surface area contributed by atoms with Gasteiger partial charge in [0, 0.05) is 0 Å². The fourth-order valence-corrected chi connectivity index (χ4v) is 0.851. The van der Waals surface area contributed by atoms with E-state index in [-0.39, 0.29) is 0 Å². The molecule has 0 N–H and O–H groups in total. The van der Waals surface area contributed by atoms with Gasteiger partial charge in [-0.3, -0.25) is 0 Å². The molecule has 0 saturated heterocycles. The summed E-state index contributed by atoms with van der Waals surface area (Å²) in [5, 5.41) is 0. The molecule has 0 aliphatic carbocycles. The second-order valence-corrected chi connectivity index (χ2v) is 3.16. The van der Waals surface area contributed by atoms with Crippen LogP contribution in [0.5, 0.6) is 0 Å². The van der Waals surface area contributed by atoms with Crippen LogP contribution in [-0.2, 0) is 27.2 Å². The molecule has 0 fully saturated rings. The molecule has 0 amide bonds. The van der Waals surface area contributed by atoms with E-state index in [1.807, 2.05) is 37.3 Å². The van der Waals surface area contributed by atoms with E-state index in [1.165, 1.54) is 5.56 Å². The third-order valence-electron chi connectivity index (χ3n) is 1.28. The normalized spacial score (nSPS) is 9.55. The summed E-state index contributed by atoms with van der Waals surface area (Å²) in [6, 6.07) is 10.1. The van der Waals surface area contributed by atoms with Crippen LogP contribution in [0.2, 0.25) is 0 Å². The first-order chi connectivity index (χ1) is 5.29. The molecule has 0 aliphatic rings. The summed E-state index contributed by atoms with van der Waals surface area (Å²) in [6.45, 7) is 2.56. The van der Waals surface area contributed by atoms with Crippen LogP contribution >= 0.6 is 0 Å². The molecule has 1 aromatic carbocycles. The third kappa shape index (κ3) is 3.48. The van der Waals surface area contributed by atoms with Gasteiger partial charge in [-0.15, -0.1) is 0 Å². The maximum absolute atomic E-state index is 5.29. The van der Waals surface area contributed by atoms with Crippen LogP contribution in [0.3, 0.4) is 0 Å². The molecule has 0 aromatic heterocycles. The van der Waals surface area contributed by atoms with E-state index in [2.05, 4.69) is 15.9 Å². The maximum atomic E-state index is 5.29. The Kier molecular flexibility index (Phi) is 3.52. The molecule has 58 valence electrons. The summed E-state index contributed by atoms with van der Waals surface area (Å²) in [4.78, 5) is 0. The van der Waals surface area contributed by atoms with Crippen molar-refractivity contribution in [2.75, 3.05) is 0 Å². The molecule has 0 saturated carbocycles. The second kappa shape index (κ2) is 4.46. The third-order valence-corrected chi connectivity index (χ3v) is 1.47. The Hall–Kier alpha value is -0.418. The van der Waals surface area contributed by atoms with Gasteiger partial charge in [0.25, 0.3) is 0 Å². The molecule has 2 heteroatoms. The van der Waals surface area contributed by atoms with E-state index in [0.29, 0.717) is 6.61 Å². The molecule has 1 aromatic rings. The summed E-state index contributed by atoms with van der Waals surface area (Å²) < 4.78 is 6.17. The molecule has 0 bridgehead atoms. The van der Waals surface area contributed by atoms with Crippen molar-refractivity contribution in [2.24, 2.45) is 0 Å². The number of ether oxygens (including phenoxy) is 1. The van der Waals surface area contributed by atoms with E-state index in [9.17, 15) is 0 Å². The SMILES string of the molecule is C[C](=[Cr])OCc1ccccc1. The Morgan fingerprint density at radius 3 is 2.55 bits per heavy atom. The first kappa shape index (κ1) is 8.68. The average Bonchev–Trinajstić information content (AvgIpc) is 2.03. The zero-order valence-electron chi connectivity index (χ0n) is 6.41. The van der Waals surface area contributed by atoms with Gasteiger partial charge < -0.3 is 0 Å². The molecular weight excluding hydrogens is 176 g/mol. The second-order valence-electron chi connectivity index (χ2n) is 2.27.